The van der Waals surface area contributed by atoms with E-state index in [1.54, 1.807) is 26.6 Å². The molecule has 0 unspecified atom stereocenters. The number of likely N-dealkylation sites (tertiary alicyclic amines) is 1. The maximum Gasteiger partial charge on any atom is 0.251 e. The fraction of sp³-hybridized carbons (Fsp3) is 0.448. The van der Waals surface area contributed by atoms with Gasteiger partial charge >= 0.3 is 0 Å². The molecule has 2 aromatic heterocycles. The Morgan fingerprint density at radius 3 is 2.55 bits per heavy atom. The van der Waals surface area contributed by atoms with E-state index in [-0.39, 0.29) is 11.3 Å². The van der Waals surface area contributed by atoms with Crippen molar-refractivity contribution >= 4 is 17.5 Å². The highest BCUT2D eigenvalue weighted by molar-refractivity contribution is 5.94. The molecule has 3 aromatic rings. The summed E-state index contributed by atoms with van der Waals surface area (Å²) in [6.45, 7) is 7.17. The summed E-state index contributed by atoms with van der Waals surface area (Å²) < 4.78 is 5.67. The van der Waals surface area contributed by atoms with Crippen molar-refractivity contribution in [2.24, 2.45) is 0 Å². The Balaban J connectivity index is 1.44. The van der Waals surface area contributed by atoms with Crippen LogP contribution in [0.4, 0.5) is 11.6 Å². The molecule has 0 bridgehead atoms. The van der Waals surface area contributed by atoms with E-state index in [1.807, 2.05) is 36.5 Å². The summed E-state index contributed by atoms with van der Waals surface area (Å²) in [5, 5.41) is 9.71. The lowest BCUT2D eigenvalue weighted by molar-refractivity contribution is 0.0962. The average molecular weight is 518 g/mol. The molecule has 0 spiro atoms. The summed E-state index contributed by atoms with van der Waals surface area (Å²) in [4.78, 5) is 28.0. The Morgan fingerprint density at radius 2 is 1.89 bits per heavy atom. The minimum atomic E-state index is -0.250. The van der Waals surface area contributed by atoms with Crippen LogP contribution in [0.3, 0.4) is 0 Å². The predicted octanol–water partition coefficient (Wildman–Crippen LogP) is 4.19. The molecule has 3 N–H and O–H groups in total. The van der Waals surface area contributed by atoms with Crippen molar-refractivity contribution in [2.75, 3.05) is 51.5 Å². The number of carbonyl (C=O) groups is 1. The molecule has 1 aliphatic rings. The van der Waals surface area contributed by atoms with Crippen molar-refractivity contribution in [1.29, 1.82) is 0 Å². The summed E-state index contributed by atoms with van der Waals surface area (Å²) >= 11 is 0. The predicted molar refractivity (Wildman–Crippen MR) is 152 cm³/mol. The molecule has 1 saturated heterocycles. The Morgan fingerprint density at radius 1 is 1.11 bits per heavy atom. The second kappa shape index (κ2) is 12.2. The molecule has 0 aliphatic carbocycles. The van der Waals surface area contributed by atoms with Gasteiger partial charge in [-0.2, -0.15) is 0 Å². The van der Waals surface area contributed by atoms with Crippen LogP contribution in [0.15, 0.2) is 48.9 Å². The summed E-state index contributed by atoms with van der Waals surface area (Å²) in [6, 6.07) is 12.1. The zero-order valence-corrected chi connectivity index (χ0v) is 23.0. The normalized spacial score (nSPS) is 15.9. The zero-order valence-electron chi connectivity index (χ0n) is 23.0. The van der Waals surface area contributed by atoms with E-state index in [2.05, 4.69) is 56.7 Å². The first-order chi connectivity index (χ1) is 18.3. The van der Waals surface area contributed by atoms with Crippen LogP contribution in [-0.4, -0.2) is 72.6 Å². The molecule has 1 aliphatic heterocycles. The Bertz CT molecular complexity index is 1230. The van der Waals surface area contributed by atoms with Crippen molar-refractivity contribution in [3.05, 3.63) is 60.0 Å². The first-order valence-electron chi connectivity index (χ1n) is 13.2. The van der Waals surface area contributed by atoms with E-state index in [0.29, 0.717) is 23.9 Å². The van der Waals surface area contributed by atoms with E-state index < -0.39 is 0 Å². The van der Waals surface area contributed by atoms with E-state index in [4.69, 9.17) is 4.74 Å². The molecule has 4 rings (SSSR count). The van der Waals surface area contributed by atoms with Gasteiger partial charge in [-0.15, -0.1) is 0 Å². The number of pyridine rings is 1. The van der Waals surface area contributed by atoms with Crippen LogP contribution in [0.2, 0.25) is 0 Å². The Labute approximate surface area is 225 Å². The number of rotatable bonds is 10. The van der Waals surface area contributed by atoms with Gasteiger partial charge in [-0.25, -0.2) is 15.0 Å². The van der Waals surface area contributed by atoms with Crippen molar-refractivity contribution in [2.45, 2.75) is 44.6 Å². The van der Waals surface area contributed by atoms with Crippen molar-refractivity contribution in [1.82, 2.24) is 25.2 Å². The monoisotopic (exact) mass is 517 g/mol. The van der Waals surface area contributed by atoms with Crippen LogP contribution >= 0.6 is 0 Å². The number of methoxy groups -OCH3 is 1. The zero-order chi connectivity index (χ0) is 27.1. The van der Waals surface area contributed by atoms with Gasteiger partial charge in [0, 0.05) is 54.0 Å². The smallest absolute Gasteiger partial charge is 0.251 e. The molecule has 1 atom stereocenters. The molecule has 38 heavy (non-hydrogen) atoms. The van der Waals surface area contributed by atoms with E-state index in [0.717, 1.165) is 60.8 Å². The van der Waals surface area contributed by atoms with Gasteiger partial charge in [-0.3, -0.25) is 4.79 Å². The van der Waals surface area contributed by atoms with Crippen molar-refractivity contribution < 1.29 is 9.53 Å². The standard InChI is InChI=1S/C29H39N7O2/c1-6-29(2,23-9-7-20(28(37)30-3)15-25(23)38-5)18-32-27-16-24(33-19-34-27)21-8-10-26(31-17-21)35-22-11-13-36(4)14-12-22/h7-10,15-17,19,22H,6,11-14,18H2,1-5H3,(H,30,37)(H,31,35)(H,32,33,34)/t29-/m1/s1. The third-order valence-corrected chi connectivity index (χ3v) is 7.58. The van der Waals surface area contributed by atoms with Gasteiger partial charge in [0.1, 0.15) is 23.7 Å². The van der Waals surface area contributed by atoms with Crippen molar-refractivity contribution in [3.63, 3.8) is 0 Å². The topological polar surface area (TPSA) is 104 Å². The summed E-state index contributed by atoms with van der Waals surface area (Å²) in [6.07, 6.45) is 6.55. The van der Waals surface area contributed by atoms with Crippen LogP contribution in [0.5, 0.6) is 5.75 Å². The summed E-state index contributed by atoms with van der Waals surface area (Å²) in [5.74, 6) is 2.19. The lowest BCUT2D eigenvalue weighted by Gasteiger charge is -2.31. The third-order valence-electron chi connectivity index (χ3n) is 7.58. The molecule has 1 amide bonds. The molecule has 202 valence electrons. The SMILES string of the molecule is CC[C@](C)(CNc1cc(-c2ccc(NC3CCN(C)CC3)nc2)ncn1)c1ccc(C(=O)NC)cc1OC. The fourth-order valence-electron chi connectivity index (χ4n) is 4.78. The largest absolute Gasteiger partial charge is 0.496 e. The second-order valence-corrected chi connectivity index (χ2v) is 10.2. The number of benzene rings is 1. The number of amides is 1. The number of aromatic nitrogens is 3. The minimum absolute atomic E-state index is 0.139. The second-order valence-electron chi connectivity index (χ2n) is 10.2. The number of hydrogen-bond donors (Lipinski definition) is 3. The average Bonchev–Trinajstić information content (AvgIpc) is 2.97. The van der Waals surface area contributed by atoms with Crippen LogP contribution in [-0.2, 0) is 5.41 Å². The molecule has 0 saturated carbocycles. The van der Waals surface area contributed by atoms with Gasteiger partial charge in [0.05, 0.1) is 12.8 Å². The first kappa shape index (κ1) is 27.3. The molecule has 3 heterocycles. The third kappa shape index (κ3) is 6.39. The number of hydrogen-bond acceptors (Lipinski definition) is 8. The highest BCUT2D eigenvalue weighted by Gasteiger charge is 2.29. The van der Waals surface area contributed by atoms with Gasteiger partial charge in [0.25, 0.3) is 5.91 Å². The Kier molecular flexibility index (Phi) is 8.78. The lowest BCUT2D eigenvalue weighted by Crippen LogP contribution is -2.36. The van der Waals surface area contributed by atoms with E-state index in [9.17, 15) is 4.79 Å². The molecule has 9 nitrogen and oxygen atoms in total. The lowest BCUT2D eigenvalue weighted by atomic mass is 9.79. The molecule has 9 heteroatoms. The number of anilines is 2. The first-order valence-corrected chi connectivity index (χ1v) is 13.2. The van der Waals surface area contributed by atoms with Crippen LogP contribution in [0, 0.1) is 0 Å². The van der Waals surface area contributed by atoms with Gasteiger partial charge in [-0.1, -0.05) is 19.9 Å². The number of nitrogens with zero attached hydrogens (tertiary/aromatic N) is 4. The molecule has 1 aromatic carbocycles. The van der Waals surface area contributed by atoms with Gasteiger partial charge < -0.3 is 25.6 Å². The Hall–Kier alpha value is -3.72. The van der Waals surface area contributed by atoms with Gasteiger partial charge in [0.2, 0.25) is 0 Å². The maximum absolute atomic E-state index is 12.1. The number of carbonyl (C=O) groups excluding carboxylic acids is 1. The van der Waals surface area contributed by atoms with Gasteiger partial charge in [0.15, 0.2) is 0 Å². The fourth-order valence-corrected chi connectivity index (χ4v) is 4.78. The van der Waals surface area contributed by atoms with Gasteiger partial charge in [-0.05, 0) is 63.7 Å². The van der Waals surface area contributed by atoms with Crippen LogP contribution < -0.4 is 20.7 Å². The van der Waals surface area contributed by atoms with Crippen LogP contribution in [0.25, 0.3) is 11.3 Å². The minimum Gasteiger partial charge on any atom is -0.496 e. The maximum atomic E-state index is 12.1. The molecular weight excluding hydrogens is 478 g/mol. The van der Waals surface area contributed by atoms with E-state index in [1.165, 1.54) is 0 Å². The number of piperidine rings is 1. The number of nitrogens with one attached hydrogen (secondary N) is 3. The molecule has 0 radical (unpaired) electrons. The highest BCUT2D eigenvalue weighted by atomic mass is 16.5. The summed E-state index contributed by atoms with van der Waals surface area (Å²) in [5.41, 5.74) is 3.11. The number of ether oxygens (including phenoxy) is 1. The highest BCUT2D eigenvalue weighted by Crippen LogP contribution is 2.35. The van der Waals surface area contributed by atoms with E-state index >= 15 is 0 Å². The van der Waals surface area contributed by atoms with Crippen molar-refractivity contribution in [3.8, 4) is 17.0 Å². The quantitative estimate of drug-likeness (QED) is 0.368. The molecular formula is C29H39N7O2. The molecule has 1 fully saturated rings. The van der Waals surface area contributed by atoms with Crippen LogP contribution in [0.1, 0.15) is 49.0 Å². The summed E-state index contributed by atoms with van der Waals surface area (Å²) in [7, 11) is 5.42.